The number of morpholine rings is 1. The Hall–Kier alpha value is -2.50. The summed E-state index contributed by atoms with van der Waals surface area (Å²) >= 11 is 6.37. The number of nitrogens with zero attached hydrogens (tertiary/aromatic N) is 3. The normalized spacial score (nSPS) is 18.1. The molecule has 2 saturated heterocycles. The number of piperidine rings is 1. The molecule has 0 bridgehead atoms. The molecule has 2 aliphatic rings. The van der Waals surface area contributed by atoms with Gasteiger partial charge in [-0.1, -0.05) is 11.6 Å². The molecular weight excluding hydrogens is 478 g/mol. The van der Waals surface area contributed by atoms with Crippen LogP contribution in [0.2, 0.25) is 5.02 Å². The second-order valence-corrected chi connectivity index (χ2v) is 10.6. The molecule has 0 saturated carbocycles. The number of nitrogens with one attached hydrogen (secondary N) is 2. The number of aromatic nitrogens is 2. The van der Waals surface area contributed by atoms with Gasteiger partial charge in [0.05, 0.1) is 23.1 Å². The third kappa shape index (κ3) is 4.96. The number of sulfonamides is 1. The molecular formula is C23H26ClN5O4S. The lowest BCUT2D eigenvalue weighted by Gasteiger charge is -2.26. The number of anilines is 2. The fourth-order valence-electron chi connectivity index (χ4n) is 4.09. The number of rotatable bonds is 6. The van der Waals surface area contributed by atoms with Gasteiger partial charge in [-0.25, -0.2) is 18.4 Å². The summed E-state index contributed by atoms with van der Waals surface area (Å²) < 4.78 is 38.6. The molecule has 2 aromatic carbocycles. The minimum absolute atomic E-state index is 0.123. The van der Waals surface area contributed by atoms with Crippen LogP contribution in [0.5, 0.6) is 5.75 Å². The molecule has 0 spiro atoms. The highest BCUT2D eigenvalue weighted by atomic mass is 35.5. The molecule has 2 aliphatic heterocycles. The number of fused-ring (bicyclic) bond motifs is 1. The Kier molecular flexibility index (Phi) is 6.84. The zero-order chi connectivity index (χ0) is 23.5. The van der Waals surface area contributed by atoms with Gasteiger partial charge in [-0.3, -0.25) is 0 Å². The summed E-state index contributed by atoms with van der Waals surface area (Å²) in [6.45, 7) is 3.39. The van der Waals surface area contributed by atoms with Gasteiger partial charge >= 0.3 is 0 Å². The van der Waals surface area contributed by atoms with E-state index in [4.69, 9.17) is 21.1 Å². The number of benzene rings is 2. The quantitative estimate of drug-likeness (QED) is 0.528. The highest BCUT2D eigenvalue weighted by molar-refractivity contribution is 7.89. The predicted molar refractivity (Wildman–Crippen MR) is 130 cm³/mol. The van der Waals surface area contributed by atoms with E-state index in [-0.39, 0.29) is 11.0 Å². The average molecular weight is 504 g/mol. The molecule has 0 aliphatic carbocycles. The van der Waals surface area contributed by atoms with Crippen molar-refractivity contribution < 1.29 is 17.9 Å². The van der Waals surface area contributed by atoms with E-state index >= 15 is 0 Å². The van der Waals surface area contributed by atoms with Crippen molar-refractivity contribution in [1.29, 1.82) is 0 Å². The number of hydrogen-bond acceptors (Lipinski definition) is 8. The van der Waals surface area contributed by atoms with Gasteiger partial charge in [-0.2, -0.15) is 4.31 Å². The molecule has 11 heteroatoms. The Labute approximate surface area is 203 Å². The number of halogens is 1. The summed E-state index contributed by atoms with van der Waals surface area (Å²) in [5.74, 6) is 1.04. The summed E-state index contributed by atoms with van der Waals surface area (Å²) in [5.41, 5.74) is 1.30. The fourth-order valence-corrected chi connectivity index (χ4v) is 5.69. The highest BCUT2D eigenvalue weighted by Crippen LogP contribution is 2.32. The van der Waals surface area contributed by atoms with Crippen molar-refractivity contribution in [2.75, 3.05) is 44.7 Å². The van der Waals surface area contributed by atoms with E-state index < -0.39 is 10.0 Å². The molecule has 1 aromatic heterocycles. The first-order chi connectivity index (χ1) is 16.5. The lowest BCUT2D eigenvalue weighted by Crippen LogP contribution is -2.40. The maximum absolute atomic E-state index is 12.8. The summed E-state index contributed by atoms with van der Waals surface area (Å²) in [6, 6.07) is 10.2. The third-order valence-electron chi connectivity index (χ3n) is 5.96. The molecule has 34 heavy (non-hydrogen) atoms. The highest BCUT2D eigenvalue weighted by Gasteiger charge is 2.26. The van der Waals surface area contributed by atoms with Crippen LogP contribution >= 0.6 is 11.6 Å². The lowest BCUT2D eigenvalue weighted by molar-refractivity contribution is 0.0730. The topological polar surface area (TPSA) is 106 Å². The Morgan fingerprint density at radius 1 is 1.09 bits per heavy atom. The van der Waals surface area contributed by atoms with Crippen LogP contribution in [0.25, 0.3) is 10.9 Å². The van der Waals surface area contributed by atoms with E-state index in [1.165, 1.54) is 4.31 Å². The molecule has 180 valence electrons. The van der Waals surface area contributed by atoms with Crippen LogP contribution < -0.4 is 15.4 Å². The van der Waals surface area contributed by atoms with E-state index in [2.05, 4.69) is 20.6 Å². The fraction of sp³-hybridized carbons (Fsp3) is 0.391. The molecule has 0 amide bonds. The van der Waals surface area contributed by atoms with Gasteiger partial charge < -0.3 is 20.1 Å². The average Bonchev–Trinajstić information content (AvgIpc) is 2.87. The number of hydrogen-bond donors (Lipinski definition) is 2. The van der Waals surface area contributed by atoms with E-state index in [1.807, 2.05) is 6.07 Å². The summed E-state index contributed by atoms with van der Waals surface area (Å²) in [6.07, 6.45) is 3.65. The van der Waals surface area contributed by atoms with Crippen LogP contribution in [-0.4, -0.2) is 68.2 Å². The summed E-state index contributed by atoms with van der Waals surface area (Å²) in [7, 11) is -3.55. The van der Waals surface area contributed by atoms with Gasteiger partial charge in [-0.15, -0.1) is 0 Å². The van der Waals surface area contributed by atoms with E-state index in [0.29, 0.717) is 59.6 Å². The van der Waals surface area contributed by atoms with E-state index in [9.17, 15) is 8.42 Å². The Morgan fingerprint density at radius 3 is 2.56 bits per heavy atom. The van der Waals surface area contributed by atoms with Crippen molar-refractivity contribution in [2.45, 2.75) is 23.8 Å². The number of ether oxygens (including phenoxy) is 2. The Morgan fingerprint density at radius 2 is 1.82 bits per heavy atom. The Balaban J connectivity index is 1.36. The van der Waals surface area contributed by atoms with Crippen LogP contribution in [0.15, 0.2) is 47.5 Å². The summed E-state index contributed by atoms with van der Waals surface area (Å²) in [5, 5.41) is 7.74. The second-order valence-electron chi connectivity index (χ2n) is 8.23. The van der Waals surface area contributed by atoms with Gasteiger partial charge in [0.15, 0.2) is 0 Å². The first-order valence-corrected chi connectivity index (χ1v) is 13.1. The third-order valence-corrected chi connectivity index (χ3v) is 8.20. The molecule has 0 unspecified atom stereocenters. The molecule has 0 atom stereocenters. The molecule has 5 rings (SSSR count). The van der Waals surface area contributed by atoms with Crippen LogP contribution in [0.1, 0.15) is 12.8 Å². The lowest BCUT2D eigenvalue weighted by atomic mass is 10.1. The Bertz CT molecular complexity index is 1260. The SMILES string of the molecule is O=S(=O)(c1ccc(Nc2ncc3c(Cl)ccc(OC4CCNCC4)c3n2)cc1)N1CCOCC1. The molecule has 9 nitrogen and oxygen atoms in total. The van der Waals surface area contributed by atoms with Crippen molar-refractivity contribution >= 4 is 44.2 Å². The monoisotopic (exact) mass is 503 g/mol. The molecule has 3 heterocycles. The van der Waals surface area contributed by atoms with Gasteiger partial charge in [0.1, 0.15) is 17.4 Å². The maximum atomic E-state index is 12.8. The second kappa shape index (κ2) is 10.0. The van der Waals surface area contributed by atoms with E-state index in [0.717, 1.165) is 25.9 Å². The van der Waals surface area contributed by atoms with Crippen molar-refractivity contribution in [3.05, 3.63) is 47.6 Å². The zero-order valence-electron chi connectivity index (χ0n) is 18.5. The van der Waals surface area contributed by atoms with Crippen molar-refractivity contribution in [2.24, 2.45) is 0 Å². The van der Waals surface area contributed by atoms with Gasteiger partial charge in [0.2, 0.25) is 16.0 Å². The molecule has 2 N–H and O–H groups in total. The van der Waals surface area contributed by atoms with Crippen LogP contribution in [0, 0.1) is 0 Å². The van der Waals surface area contributed by atoms with Crippen LogP contribution in [0.4, 0.5) is 11.6 Å². The zero-order valence-corrected chi connectivity index (χ0v) is 20.1. The largest absolute Gasteiger partial charge is 0.488 e. The summed E-state index contributed by atoms with van der Waals surface area (Å²) in [4.78, 5) is 9.28. The van der Waals surface area contributed by atoms with Crippen molar-refractivity contribution in [3.8, 4) is 5.75 Å². The minimum Gasteiger partial charge on any atom is -0.488 e. The molecule has 2 fully saturated rings. The first kappa shape index (κ1) is 23.3. The minimum atomic E-state index is -3.55. The molecule has 0 radical (unpaired) electrons. The van der Waals surface area contributed by atoms with Crippen molar-refractivity contribution in [3.63, 3.8) is 0 Å². The van der Waals surface area contributed by atoms with E-state index in [1.54, 1.807) is 36.5 Å². The molecule has 3 aromatic rings. The standard InChI is InChI=1S/C23H26ClN5O4S/c24-20-5-6-21(33-17-7-9-25-10-8-17)22-19(20)15-26-23(28-22)27-16-1-3-18(4-2-16)34(30,31)29-11-13-32-14-12-29/h1-6,15,17,25H,7-14H2,(H,26,27,28). The predicted octanol–water partition coefficient (Wildman–Crippen LogP) is 3.18. The van der Waals surface area contributed by atoms with Gasteiger partial charge in [0.25, 0.3) is 0 Å². The smallest absolute Gasteiger partial charge is 0.243 e. The van der Waals surface area contributed by atoms with Crippen molar-refractivity contribution in [1.82, 2.24) is 19.6 Å². The van der Waals surface area contributed by atoms with Crippen LogP contribution in [-0.2, 0) is 14.8 Å². The first-order valence-electron chi connectivity index (χ1n) is 11.3. The van der Waals surface area contributed by atoms with Gasteiger partial charge in [-0.05, 0) is 62.3 Å². The van der Waals surface area contributed by atoms with Crippen LogP contribution in [0.3, 0.4) is 0 Å². The maximum Gasteiger partial charge on any atom is 0.243 e. The van der Waals surface area contributed by atoms with Gasteiger partial charge in [0, 0.05) is 30.4 Å².